The van der Waals surface area contributed by atoms with Crippen molar-refractivity contribution in [1.82, 2.24) is 4.98 Å². The Morgan fingerprint density at radius 1 is 1.07 bits per heavy atom. The minimum absolute atomic E-state index is 0.148. The molecule has 0 saturated carbocycles. The topological polar surface area (TPSA) is 71.2 Å². The van der Waals surface area contributed by atoms with E-state index in [0.29, 0.717) is 21.3 Å². The number of halogens is 1. The molecule has 0 spiro atoms. The number of carbonyl (C=O) groups excluding carboxylic acids is 1. The summed E-state index contributed by atoms with van der Waals surface area (Å²) in [4.78, 5) is 19.7. The van der Waals surface area contributed by atoms with Crippen LogP contribution in [0.4, 0.5) is 26.7 Å². The highest BCUT2D eigenvalue weighted by atomic mass is 32.1. The van der Waals surface area contributed by atoms with Gasteiger partial charge < -0.3 is 16.0 Å². The molecule has 1 fully saturated rings. The Labute approximate surface area is 160 Å². The molecule has 138 valence electrons. The number of rotatable bonds is 5. The molecule has 3 N–H and O–H groups in total. The molecule has 0 radical (unpaired) electrons. The third-order valence-electron chi connectivity index (χ3n) is 4.56. The van der Waals surface area contributed by atoms with Crippen LogP contribution in [0.15, 0.2) is 48.5 Å². The number of thiazole rings is 1. The molecule has 0 amide bonds. The Hall–Kier alpha value is -2.93. The van der Waals surface area contributed by atoms with Gasteiger partial charge in [-0.15, -0.1) is 0 Å². The number of aromatic nitrogens is 1. The van der Waals surface area contributed by atoms with E-state index in [2.05, 4.69) is 15.2 Å². The van der Waals surface area contributed by atoms with E-state index in [1.807, 2.05) is 24.3 Å². The van der Waals surface area contributed by atoms with Crippen LogP contribution in [0.2, 0.25) is 0 Å². The van der Waals surface area contributed by atoms with E-state index >= 15 is 0 Å². The van der Waals surface area contributed by atoms with Gasteiger partial charge in [0.25, 0.3) is 0 Å². The van der Waals surface area contributed by atoms with Gasteiger partial charge in [0.2, 0.25) is 5.78 Å². The van der Waals surface area contributed by atoms with Gasteiger partial charge in [-0.25, -0.2) is 9.37 Å². The lowest BCUT2D eigenvalue weighted by atomic mass is 10.1. The summed E-state index contributed by atoms with van der Waals surface area (Å²) in [5.41, 5.74) is 8.36. The van der Waals surface area contributed by atoms with Crippen LogP contribution in [-0.4, -0.2) is 23.9 Å². The summed E-state index contributed by atoms with van der Waals surface area (Å²) in [5.74, 6) is -0.268. The number of ketones is 1. The van der Waals surface area contributed by atoms with Crippen LogP contribution in [-0.2, 0) is 0 Å². The van der Waals surface area contributed by atoms with Gasteiger partial charge in [-0.1, -0.05) is 11.3 Å². The standard InChI is InChI=1S/C20H19FN4OS/c21-14-5-7-15(8-6-14)23-20-24-19(22)18(27-20)17(26)13-3-9-16(10-4-13)25-11-1-2-12-25/h3-10H,1-2,11-12,22H2,(H,23,24). The monoisotopic (exact) mass is 382 g/mol. The van der Waals surface area contributed by atoms with Gasteiger partial charge in [0.05, 0.1) is 0 Å². The molecule has 4 rings (SSSR count). The molecule has 5 nitrogen and oxygen atoms in total. The molecule has 1 saturated heterocycles. The Morgan fingerprint density at radius 2 is 1.74 bits per heavy atom. The highest BCUT2D eigenvalue weighted by molar-refractivity contribution is 7.18. The summed E-state index contributed by atoms with van der Waals surface area (Å²) in [6, 6.07) is 13.5. The Kier molecular flexibility index (Phi) is 4.77. The Morgan fingerprint density at radius 3 is 2.41 bits per heavy atom. The average molecular weight is 382 g/mol. The summed E-state index contributed by atoms with van der Waals surface area (Å²) in [6.45, 7) is 2.13. The minimum Gasteiger partial charge on any atom is -0.382 e. The van der Waals surface area contributed by atoms with Crippen LogP contribution in [0.25, 0.3) is 0 Å². The zero-order chi connectivity index (χ0) is 18.8. The van der Waals surface area contributed by atoms with Crippen LogP contribution in [0.5, 0.6) is 0 Å². The predicted octanol–water partition coefficient (Wildman–Crippen LogP) is 4.44. The molecule has 1 aliphatic heterocycles. The molecule has 7 heteroatoms. The molecule has 0 aliphatic carbocycles. The summed E-state index contributed by atoms with van der Waals surface area (Å²) in [7, 11) is 0. The van der Waals surface area contributed by atoms with Gasteiger partial charge in [0.1, 0.15) is 16.5 Å². The van der Waals surface area contributed by atoms with Crippen molar-refractivity contribution in [2.75, 3.05) is 29.0 Å². The van der Waals surface area contributed by atoms with Gasteiger partial charge in [0, 0.05) is 30.0 Å². The molecule has 0 unspecified atom stereocenters. The average Bonchev–Trinajstić information content (AvgIpc) is 3.33. The molecule has 1 aliphatic rings. The zero-order valence-corrected chi connectivity index (χ0v) is 15.4. The van der Waals surface area contributed by atoms with Crippen LogP contribution < -0.4 is 16.0 Å². The second-order valence-corrected chi connectivity index (χ2v) is 7.43. The highest BCUT2D eigenvalue weighted by Crippen LogP contribution is 2.30. The quantitative estimate of drug-likeness (QED) is 0.639. The number of nitrogens with zero attached hydrogens (tertiary/aromatic N) is 2. The number of anilines is 4. The van der Waals surface area contributed by atoms with E-state index in [4.69, 9.17) is 5.73 Å². The van der Waals surface area contributed by atoms with Crippen molar-refractivity contribution in [2.45, 2.75) is 12.8 Å². The first-order valence-electron chi connectivity index (χ1n) is 8.79. The van der Waals surface area contributed by atoms with Crippen LogP contribution in [0, 0.1) is 5.82 Å². The normalized spacial score (nSPS) is 13.7. The van der Waals surface area contributed by atoms with Gasteiger partial charge in [0.15, 0.2) is 5.13 Å². The van der Waals surface area contributed by atoms with E-state index < -0.39 is 0 Å². The minimum atomic E-state index is -0.313. The summed E-state index contributed by atoms with van der Waals surface area (Å²) >= 11 is 1.19. The lowest BCUT2D eigenvalue weighted by molar-refractivity contribution is 0.104. The molecular formula is C20H19FN4OS. The second kappa shape index (κ2) is 7.36. The number of nitrogens with two attached hydrogens (primary N) is 1. The summed E-state index contributed by atoms with van der Waals surface area (Å²) in [5, 5.41) is 3.54. The largest absolute Gasteiger partial charge is 0.382 e. The van der Waals surface area contributed by atoms with Crippen LogP contribution in [0.1, 0.15) is 28.1 Å². The van der Waals surface area contributed by atoms with Crippen molar-refractivity contribution in [3.63, 3.8) is 0 Å². The maximum Gasteiger partial charge on any atom is 0.206 e. The lowest BCUT2D eigenvalue weighted by Crippen LogP contribution is -2.17. The van der Waals surface area contributed by atoms with Crippen molar-refractivity contribution in [2.24, 2.45) is 0 Å². The molecule has 2 heterocycles. The fraction of sp³-hybridized carbons (Fsp3) is 0.200. The fourth-order valence-corrected chi connectivity index (χ4v) is 4.00. The van der Waals surface area contributed by atoms with E-state index in [9.17, 15) is 9.18 Å². The van der Waals surface area contributed by atoms with Crippen molar-refractivity contribution in [3.8, 4) is 0 Å². The van der Waals surface area contributed by atoms with Gasteiger partial charge >= 0.3 is 0 Å². The van der Waals surface area contributed by atoms with Crippen molar-refractivity contribution in [1.29, 1.82) is 0 Å². The molecule has 0 bridgehead atoms. The van der Waals surface area contributed by atoms with Gasteiger partial charge in [-0.2, -0.15) is 0 Å². The molecular weight excluding hydrogens is 363 g/mol. The SMILES string of the molecule is Nc1nc(Nc2ccc(F)cc2)sc1C(=O)c1ccc(N2CCCC2)cc1. The smallest absolute Gasteiger partial charge is 0.206 e. The fourth-order valence-electron chi connectivity index (χ4n) is 3.13. The Balaban J connectivity index is 1.51. The first-order valence-corrected chi connectivity index (χ1v) is 9.60. The number of carbonyl (C=O) groups is 1. The second-order valence-electron chi connectivity index (χ2n) is 6.44. The Bertz CT molecular complexity index is 947. The molecule has 1 aromatic heterocycles. The molecule has 27 heavy (non-hydrogen) atoms. The molecule has 0 atom stereocenters. The highest BCUT2D eigenvalue weighted by Gasteiger charge is 2.19. The first-order chi connectivity index (χ1) is 13.1. The summed E-state index contributed by atoms with van der Waals surface area (Å²) in [6.07, 6.45) is 2.42. The van der Waals surface area contributed by atoms with E-state index in [0.717, 1.165) is 18.8 Å². The third kappa shape index (κ3) is 3.78. The number of benzene rings is 2. The van der Waals surface area contributed by atoms with E-state index in [1.54, 1.807) is 12.1 Å². The third-order valence-corrected chi connectivity index (χ3v) is 5.54. The molecule has 3 aromatic rings. The zero-order valence-electron chi connectivity index (χ0n) is 14.6. The van der Waals surface area contributed by atoms with Gasteiger partial charge in [-0.3, -0.25) is 4.79 Å². The van der Waals surface area contributed by atoms with Crippen molar-refractivity contribution in [3.05, 3.63) is 64.8 Å². The van der Waals surface area contributed by atoms with E-state index in [-0.39, 0.29) is 17.4 Å². The van der Waals surface area contributed by atoms with E-state index in [1.165, 1.54) is 36.3 Å². The van der Waals surface area contributed by atoms with Crippen LogP contribution in [0.3, 0.4) is 0 Å². The van der Waals surface area contributed by atoms with Crippen molar-refractivity contribution >= 4 is 39.4 Å². The number of hydrogen-bond donors (Lipinski definition) is 2. The maximum absolute atomic E-state index is 13.0. The first kappa shape index (κ1) is 17.5. The molecule has 2 aromatic carbocycles. The summed E-state index contributed by atoms with van der Waals surface area (Å²) < 4.78 is 13.0. The number of nitrogen functional groups attached to an aromatic ring is 1. The predicted molar refractivity (Wildman–Crippen MR) is 108 cm³/mol. The maximum atomic E-state index is 13.0. The number of hydrogen-bond acceptors (Lipinski definition) is 6. The lowest BCUT2D eigenvalue weighted by Gasteiger charge is -2.17. The number of nitrogens with one attached hydrogen (secondary N) is 1. The van der Waals surface area contributed by atoms with Crippen LogP contribution >= 0.6 is 11.3 Å². The van der Waals surface area contributed by atoms with Crippen molar-refractivity contribution < 1.29 is 9.18 Å². The van der Waals surface area contributed by atoms with Gasteiger partial charge in [-0.05, 0) is 61.4 Å².